The van der Waals surface area contributed by atoms with Crippen molar-refractivity contribution in [3.05, 3.63) is 41.7 Å². The van der Waals surface area contributed by atoms with Crippen molar-refractivity contribution in [2.75, 3.05) is 11.1 Å². The molecule has 1 amide bonds. The quantitative estimate of drug-likeness (QED) is 0.666. The Balaban J connectivity index is 2.24. The Morgan fingerprint density at radius 1 is 1.50 bits per heavy atom. The van der Waals surface area contributed by atoms with Gasteiger partial charge in [0.25, 0.3) is 5.91 Å². The van der Waals surface area contributed by atoms with Gasteiger partial charge in [0.1, 0.15) is 0 Å². The number of nitrogens with one attached hydrogen (secondary N) is 2. The standard InChI is InChI=1S/C11H12N4O/c1-7-2-3-8(12)4-10(7)11(16)15-9-5-13-14-6-9/h2-6H,12H2,1H3,(H,13,14)(H,15,16). The molecule has 1 aromatic carbocycles. The zero-order valence-electron chi connectivity index (χ0n) is 8.82. The molecule has 0 aliphatic carbocycles. The molecule has 16 heavy (non-hydrogen) atoms. The van der Waals surface area contributed by atoms with Gasteiger partial charge in [-0.25, -0.2) is 0 Å². The molecule has 0 saturated heterocycles. The number of nitrogens with zero attached hydrogens (tertiary/aromatic N) is 1. The lowest BCUT2D eigenvalue weighted by atomic mass is 10.1. The molecule has 0 radical (unpaired) electrons. The van der Waals surface area contributed by atoms with Gasteiger partial charge in [0.15, 0.2) is 0 Å². The minimum atomic E-state index is -0.189. The maximum absolute atomic E-state index is 11.9. The topological polar surface area (TPSA) is 83.8 Å². The van der Waals surface area contributed by atoms with Crippen molar-refractivity contribution in [1.82, 2.24) is 10.2 Å². The maximum atomic E-state index is 11.9. The largest absolute Gasteiger partial charge is 0.399 e. The van der Waals surface area contributed by atoms with E-state index in [-0.39, 0.29) is 5.91 Å². The maximum Gasteiger partial charge on any atom is 0.256 e. The van der Waals surface area contributed by atoms with Crippen LogP contribution in [0.25, 0.3) is 0 Å². The highest BCUT2D eigenvalue weighted by molar-refractivity contribution is 6.05. The summed E-state index contributed by atoms with van der Waals surface area (Å²) in [5.41, 5.74) is 8.30. The number of nitrogen functional groups attached to an aromatic ring is 1. The number of carbonyl (C=O) groups is 1. The highest BCUT2D eigenvalue weighted by atomic mass is 16.1. The zero-order valence-corrected chi connectivity index (χ0v) is 8.82. The summed E-state index contributed by atoms with van der Waals surface area (Å²) in [7, 11) is 0. The number of anilines is 2. The van der Waals surface area contributed by atoms with Crippen molar-refractivity contribution >= 4 is 17.3 Å². The molecule has 1 aromatic heterocycles. The number of amides is 1. The molecule has 0 bridgehead atoms. The average molecular weight is 216 g/mol. The van der Waals surface area contributed by atoms with Crippen molar-refractivity contribution in [2.24, 2.45) is 0 Å². The summed E-state index contributed by atoms with van der Waals surface area (Å²) in [6, 6.07) is 5.24. The molecule has 1 heterocycles. The minimum absolute atomic E-state index is 0.189. The Kier molecular flexibility index (Phi) is 2.59. The normalized spacial score (nSPS) is 10.1. The molecule has 4 N–H and O–H groups in total. The van der Waals surface area contributed by atoms with Crippen LogP contribution in [-0.4, -0.2) is 16.1 Å². The molecular weight excluding hydrogens is 204 g/mol. The van der Waals surface area contributed by atoms with Crippen LogP contribution in [0.15, 0.2) is 30.6 Å². The number of nitrogens with two attached hydrogens (primary N) is 1. The number of aromatic nitrogens is 2. The van der Waals surface area contributed by atoms with Crippen LogP contribution in [0.4, 0.5) is 11.4 Å². The first-order chi connectivity index (χ1) is 7.66. The van der Waals surface area contributed by atoms with Crippen LogP contribution >= 0.6 is 0 Å². The van der Waals surface area contributed by atoms with Gasteiger partial charge in [-0.3, -0.25) is 9.89 Å². The van der Waals surface area contributed by atoms with Gasteiger partial charge in [-0.1, -0.05) is 6.07 Å². The monoisotopic (exact) mass is 216 g/mol. The highest BCUT2D eigenvalue weighted by Gasteiger charge is 2.09. The molecule has 0 atom stereocenters. The molecule has 0 saturated carbocycles. The number of H-pyrrole nitrogens is 1. The summed E-state index contributed by atoms with van der Waals surface area (Å²) in [6.45, 7) is 1.86. The van der Waals surface area contributed by atoms with E-state index in [9.17, 15) is 4.79 Å². The third kappa shape index (κ3) is 2.03. The van der Waals surface area contributed by atoms with E-state index in [1.165, 1.54) is 0 Å². The van der Waals surface area contributed by atoms with E-state index in [4.69, 9.17) is 5.73 Å². The predicted octanol–water partition coefficient (Wildman–Crippen LogP) is 1.55. The SMILES string of the molecule is Cc1ccc(N)cc1C(=O)Nc1cn[nH]c1. The predicted molar refractivity (Wildman–Crippen MR) is 62.1 cm³/mol. The number of hydrogen-bond donors (Lipinski definition) is 3. The van der Waals surface area contributed by atoms with Gasteiger partial charge in [-0.2, -0.15) is 5.10 Å². The van der Waals surface area contributed by atoms with E-state index in [0.29, 0.717) is 16.9 Å². The molecule has 2 rings (SSSR count). The van der Waals surface area contributed by atoms with Crippen molar-refractivity contribution in [1.29, 1.82) is 0 Å². The second-order valence-electron chi connectivity index (χ2n) is 3.52. The van der Waals surface area contributed by atoms with Crippen LogP contribution in [-0.2, 0) is 0 Å². The molecule has 82 valence electrons. The highest BCUT2D eigenvalue weighted by Crippen LogP contribution is 2.14. The summed E-state index contributed by atoms with van der Waals surface area (Å²) in [4.78, 5) is 11.9. The first-order valence-electron chi connectivity index (χ1n) is 4.83. The molecule has 0 aliphatic rings. The van der Waals surface area contributed by atoms with Crippen molar-refractivity contribution in [2.45, 2.75) is 6.92 Å². The first-order valence-corrected chi connectivity index (χ1v) is 4.83. The Morgan fingerprint density at radius 2 is 2.31 bits per heavy atom. The number of carbonyl (C=O) groups excluding carboxylic acids is 1. The number of aryl methyl sites for hydroxylation is 1. The number of benzene rings is 1. The number of rotatable bonds is 2. The first kappa shape index (κ1) is 10.2. The summed E-state index contributed by atoms with van der Waals surface area (Å²) < 4.78 is 0. The van der Waals surface area contributed by atoms with E-state index in [0.717, 1.165) is 5.56 Å². The second-order valence-corrected chi connectivity index (χ2v) is 3.52. The Labute approximate surface area is 92.7 Å². The van der Waals surface area contributed by atoms with Gasteiger partial charge >= 0.3 is 0 Å². The molecule has 0 unspecified atom stereocenters. The number of aromatic amines is 1. The van der Waals surface area contributed by atoms with Crippen LogP contribution in [0, 0.1) is 6.92 Å². The number of hydrogen-bond acceptors (Lipinski definition) is 3. The van der Waals surface area contributed by atoms with Gasteiger partial charge in [0.05, 0.1) is 11.9 Å². The van der Waals surface area contributed by atoms with Crippen LogP contribution < -0.4 is 11.1 Å². The van der Waals surface area contributed by atoms with Crippen LogP contribution in [0.1, 0.15) is 15.9 Å². The second kappa shape index (κ2) is 4.06. The lowest BCUT2D eigenvalue weighted by Crippen LogP contribution is -2.13. The molecular formula is C11H12N4O. The fourth-order valence-electron chi connectivity index (χ4n) is 1.40. The lowest BCUT2D eigenvalue weighted by molar-refractivity contribution is 0.102. The summed E-state index contributed by atoms with van der Waals surface area (Å²) in [6.07, 6.45) is 3.15. The van der Waals surface area contributed by atoms with E-state index < -0.39 is 0 Å². The van der Waals surface area contributed by atoms with Crippen molar-refractivity contribution in [3.63, 3.8) is 0 Å². The molecule has 5 nitrogen and oxygen atoms in total. The molecule has 0 spiro atoms. The fraction of sp³-hybridized carbons (Fsp3) is 0.0909. The van der Waals surface area contributed by atoms with Gasteiger partial charge in [0.2, 0.25) is 0 Å². The Morgan fingerprint density at radius 3 is 3.00 bits per heavy atom. The van der Waals surface area contributed by atoms with Gasteiger partial charge < -0.3 is 11.1 Å². The smallest absolute Gasteiger partial charge is 0.256 e. The van der Waals surface area contributed by atoms with Gasteiger partial charge in [-0.05, 0) is 24.6 Å². The third-order valence-electron chi connectivity index (χ3n) is 2.26. The Hall–Kier alpha value is -2.30. The Bertz CT molecular complexity index is 505. The van der Waals surface area contributed by atoms with Crippen LogP contribution in [0.5, 0.6) is 0 Å². The molecule has 0 aliphatic heterocycles. The van der Waals surface area contributed by atoms with Crippen molar-refractivity contribution in [3.8, 4) is 0 Å². The third-order valence-corrected chi connectivity index (χ3v) is 2.26. The molecule has 2 aromatic rings. The minimum Gasteiger partial charge on any atom is -0.399 e. The summed E-state index contributed by atoms with van der Waals surface area (Å²) in [5.74, 6) is -0.189. The molecule has 5 heteroatoms. The van der Waals surface area contributed by atoms with E-state index >= 15 is 0 Å². The van der Waals surface area contributed by atoms with E-state index in [1.54, 1.807) is 24.5 Å². The lowest BCUT2D eigenvalue weighted by Gasteiger charge is -2.06. The van der Waals surface area contributed by atoms with Gasteiger partial charge in [0, 0.05) is 17.4 Å². The average Bonchev–Trinajstić information content (AvgIpc) is 2.74. The van der Waals surface area contributed by atoms with Crippen molar-refractivity contribution < 1.29 is 4.79 Å². The van der Waals surface area contributed by atoms with Gasteiger partial charge in [-0.15, -0.1) is 0 Å². The zero-order chi connectivity index (χ0) is 11.5. The molecule has 0 fully saturated rings. The van der Waals surface area contributed by atoms with Crippen LogP contribution in [0.2, 0.25) is 0 Å². The van der Waals surface area contributed by atoms with Crippen LogP contribution in [0.3, 0.4) is 0 Å². The van der Waals surface area contributed by atoms with E-state index in [2.05, 4.69) is 15.5 Å². The fourth-order valence-corrected chi connectivity index (χ4v) is 1.40. The summed E-state index contributed by atoms with van der Waals surface area (Å²) in [5, 5.41) is 9.09. The summed E-state index contributed by atoms with van der Waals surface area (Å²) >= 11 is 0. The van der Waals surface area contributed by atoms with E-state index in [1.807, 2.05) is 13.0 Å².